The lowest BCUT2D eigenvalue weighted by atomic mass is 10.1. The van der Waals surface area contributed by atoms with Crippen molar-refractivity contribution in [3.63, 3.8) is 0 Å². The topological polar surface area (TPSA) is 101 Å². The molecule has 0 spiro atoms. The van der Waals surface area contributed by atoms with Crippen LogP contribution in [0.3, 0.4) is 0 Å². The number of carbonyl (C=O) groups excluding carboxylic acids is 1. The Balaban J connectivity index is 1.64. The van der Waals surface area contributed by atoms with Gasteiger partial charge in [-0.15, -0.1) is 11.3 Å². The van der Waals surface area contributed by atoms with Gasteiger partial charge in [0.1, 0.15) is 4.21 Å². The molecular weight excluding hydrogens is 458 g/mol. The second-order valence-electron chi connectivity index (χ2n) is 5.91. The number of piperazine rings is 1. The maximum atomic E-state index is 12.6. The van der Waals surface area contributed by atoms with E-state index < -0.39 is 14.9 Å². The van der Waals surface area contributed by atoms with Gasteiger partial charge in [-0.25, -0.2) is 8.42 Å². The predicted octanol–water partition coefficient (Wildman–Crippen LogP) is 2.49. The fourth-order valence-corrected chi connectivity index (χ4v) is 6.44. The molecule has 1 saturated heterocycles. The lowest BCUT2D eigenvalue weighted by Crippen LogP contribution is -2.50. The molecular formula is C16H16BrN3O5S2. The van der Waals surface area contributed by atoms with Gasteiger partial charge >= 0.3 is 0 Å². The van der Waals surface area contributed by atoms with E-state index in [4.69, 9.17) is 0 Å². The van der Waals surface area contributed by atoms with Crippen LogP contribution in [0.1, 0.15) is 5.56 Å². The van der Waals surface area contributed by atoms with Crippen LogP contribution in [0.15, 0.2) is 44.4 Å². The number of para-hydroxylation sites is 1. The van der Waals surface area contributed by atoms with Crippen LogP contribution in [0, 0.1) is 10.1 Å². The number of sulfonamides is 1. The Kier molecular flexibility index (Phi) is 5.94. The zero-order valence-corrected chi connectivity index (χ0v) is 17.3. The Morgan fingerprint density at radius 3 is 2.41 bits per heavy atom. The van der Waals surface area contributed by atoms with Gasteiger partial charge in [-0.2, -0.15) is 4.31 Å². The molecule has 1 amide bonds. The first-order valence-corrected chi connectivity index (χ1v) is 11.1. The van der Waals surface area contributed by atoms with Crippen molar-refractivity contribution in [1.82, 2.24) is 9.21 Å². The normalized spacial score (nSPS) is 15.7. The number of hydrogen-bond acceptors (Lipinski definition) is 6. The molecule has 0 aliphatic carbocycles. The standard InChI is InChI=1S/C16H16BrN3O5S2/c17-14-5-6-16(26-14)27(24,25)19-9-7-18(8-10-19)15(21)11-12-3-1-2-4-13(12)20(22)23/h1-6H,7-11H2. The molecule has 11 heteroatoms. The van der Waals surface area contributed by atoms with Gasteiger partial charge in [-0.3, -0.25) is 14.9 Å². The molecule has 0 bridgehead atoms. The lowest BCUT2D eigenvalue weighted by molar-refractivity contribution is -0.385. The predicted molar refractivity (Wildman–Crippen MR) is 104 cm³/mol. The van der Waals surface area contributed by atoms with Crippen molar-refractivity contribution in [2.75, 3.05) is 26.2 Å². The van der Waals surface area contributed by atoms with Crippen LogP contribution in [0.4, 0.5) is 5.69 Å². The van der Waals surface area contributed by atoms with Crippen LogP contribution >= 0.6 is 27.3 Å². The summed E-state index contributed by atoms with van der Waals surface area (Å²) in [5.41, 5.74) is 0.265. The van der Waals surface area contributed by atoms with Crippen molar-refractivity contribution in [3.05, 3.63) is 55.9 Å². The van der Waals surface area contributed by atoms with E-state index >= 15 is 0 Å². The number of hydrogen-bond donors (Lipinski definition) is 0. The SMILES string of the molecule is O=C(Cc1ccccc1[N+](=O)[O-])N1CCN(S(=O)(=O)c2ccc(Br)s2)CC1. The minimum Gasteiger partial charge on any atom is -0.340 e. The van der Waals surface area contributed by atoms with Gasteiger partial charge in [0.05, 0.1) is 15.1 Å². The van der Waals surface area contributed by atoms with Gasteiger partial charge in [-0.05, 0) is 28.1 Å². The highest BCUT2D eigenvalue weighted by Gasteiger charge is 2.31. The lowest BCUT2D eigenvalue weighted by Gasteiger charge is -2.33. The maximum absolute atomic E-state index is 12.6. The van der Waals surface area contributed by atoms with Crippen LogP contribution < -0.4 is 0 Å². The summed E-state index contributed by atoms with van der Waals surface area (Å²) in [4.78, 5) is 24.6. The van der Waals surface area contributed by atoms with E-state index in [0.717, 1.165) is 15.1 Å². The van der Waals surface area contributed by atoms with Crippen molar-refractivity contribution in [3.8, 4) is 0 Å². The molecule has 2 heterocycles. The monoisotopic (exact) mass is 473 g/mol. The third-order valence-electron chi connectivity index (χ3n) is 4.26. The van der Waals surface area contributed by atoms with E-state index in [2.05, 4.69) is 15.9 Å². The summed E-state index contributed by atoms with van der Waals surface area (Å²) in [7, 11) is -3.57. The molecule has 1 aromatic heterocycles. The maximum Gasteiger partial charge on any atom is 0.273 e. The van der Waals surface area contributed by atoms with Gasteiger partial charge in [0.25, 0.3) is 15.7 Å². The van der Waals surface area contributed by atoms with E-state index in [9.17, 15) is 23.3 Å². The van der Waals surface area contributed by atoms with E-state index in [1.807, 2.05) is 0 Å². The fraction of sp³-hybridized carbons (Fsp3) is 0.312. The average Bonchev–Trinajstić information content (AvgIpc) is 3.09. The fourth-order valence-electron chi connectivity index (χ4n) is 2.85. The number of nitro groups is 1. The van der Waals surface area contributed by atoms with E-state index in [1.165, 1.54) is 10.4 Å². The molecule has 2 aromatic rings. The summed E-state index contributed by atoms with van der Waals surface area (Å²) in [6, 6.07) is 9.37. The van der Waals surface area contributed by atoms with Crippen LogP contribution in [-0.2, 0) is 21.2 Å². The number of rotatable bonds is 5. The van der Waals surface area contributed by atoms with Crippen molar-refractivity contribution in [2.45, 2.75) is 10.6 Å². The van der Waals surface area contributed by atoms with Crippen LogP contribution in [0.2, 0.25) is 0 Å². The second-order valence-corrected chi connectivity index (χ2v) is 10.5. The molecule has 27 heavy (non-hydrogen) atoms. The van der Waals surface area contributed by atoms with Gasteiger partial charge in [0.15, 0.2) is 0 Å². The van der Waals surface area contributed by atoms with E-state index in [-0.39, 0.29) is 48.4 Å². The third kappa shape index (κ3) is 4.37. The average molecular weight is 474 g/mol. The molecule has 0 N–H and O–H groups in total. The van der Waals surface area contributed by atoms with Crippen LogP contribution in [0.25, 0.3) is 0 Å². The Hall–Kier alpha value is -1.82. The molecule has 1 aliphatic rings. The minimum atomic E-state index is -3.57. The molecule has 8 nitrogen and oxygen atoms in total. The molecule has 1 aliphatic heterocycles. The van der Waals surface area contributed by atoms with E-state index in [0.29, 0.717) is 5.56 Å². The summed E-state index contributed by atoms with van der Waals surface area (Å²) in [5, 5.41) is 11.1. The first-order valence-electron chi connectivity index (χ1n) is 8.04. The van der Waals surface area contributed by atoms with E-state index in [1.54, 1.807) is 35.2 Å². The number of carbonyl (C=O) groups is 1. The molecule has 1 fully saturated rings. The van der Waals surface area contributed by atoms with Crippen molar-refractivity contribution in [2.24, 2.45) is 0 Å². The Bertz CT molecular complexity index is 968. The number of halogens is 1. The zero-order chi connectivity index (χ0) is 19.6. The van der Waals surface area contributed by atoms with Crippen molar-refractivity contribution < 1.29 is 18.1 Å². The summed E-state index contributed by atoms with van der Waals surface area (Å²) in [5.74, 6) is -0.250. The molecule has 0 radical (unpaired) electrons. The summed E-state index contributed by atoms with van der Waals surface area (Å²) < 4.78 is 27.6. The zero-order valence-electron chi connectivity index (χ0n) is 14.1. The Morgan fingerprint density at radius 2 is 1.81 bits per heavy atom. The number of nitro benzene ring substituents is 1. The molecule has 0 atom stereocenters. The highest BCUT2D eigenvalue weighted by Crippen LogP contribution is 2.29. The highest BCUT2D eigenvalue weighted by atomic mass is 79.9. The summed E-state index contributed by atoms with van der Waals surface area (Å²) in [6.45, 7) is 0.900. The summed E-state index contributed by atoms with van der Waals surface area (Å²) in [6.07, 6.45) is -0.0816. The quantitative estimate of drug-likeness (QED) is 0.490. The molecule has 0 saturated carbocycles. The van der Waals surface area contributed by atoms with Crippen LogP contribution in [-0.4, -0.2) is 54.6 Å². The summed E-state index contributed by atoms with van der Waals surface area (Å²) >= 11 is 4.40. The van der Waals surface area contributed by atoms with Gasteiger partial charge in [0, 0.05) is 37.8 Å². The van der Waals surface area contributed by atoms with Gasteiger partial charge in [0.2, 0.25) is 5.91 Å². The van der Waals surface area contributed by atoms with Crippen molar-refractivity contribution >= 4 is 48.9 Å². The minimum absolute atomic E-state index is 0.0816. The first kappa shape index (κ1) is 19.9. The molecule has 0 unspecified atom stereocenters. The second kappa shape index (κ2) is 8.05. The number of benzene rings is 1. The molecule has 144 valence electrons. The smallest absolute Gasteiger partial charge is 0.273 e. The third-order valence-corrected chi connectivity index (χ3v) is 8.25. The Labute approximate surface area is 168 Å². The largest absolute Gasteiger partial charge is 0.340 e. The number of amides is 1. The van der Waals surface area contributed by atoms with Crippen LogP contribution in [0.5, 0.6) is 0 Å². The van der Waals surface area contributed by atoms with Gasteiger partial charge < -0.3 is 4.90 Å². The highest BCUT2D eigenvalue weighted by molar-refractivity contribution is 9.11. The molecule has 3 rings (SSSR count). The number of thiophene rings is 1. The Morgan fingerprint density at radius 1 is 1.15 bits per heavy atom. The van der Waals surface area contributed by atoms with Crippen molar-refractivity contribution in [1.29, 1.82) is 0 Å². The molecule has 1 aromatic carbocycles. The number of nitrogens with zero attached hydrogens (tertiary/aromatic N) is 3. The van der Waals surface area contributed by atoms with Gasteiger partial charge in [-0.1, -0.05) is 18.2 Å². The first-order chi connectivity index (χ1) is 12.8.